The van der Waals surface area contributed by atoms with Gasteiger partial charge in [0.25, 0.3) is 0 Å². The molecule has 0 spiro atoms. The molecule has 5 nitrogen and oxygen atoms in total. The van der Waals surface area contributed by atoms with Gasteiger partial charge in [-0.1, -0.05) is 11.6 Å². The van der Waals surface area contributed by atoms with Crippen molar-refractivity contribution in [2.45, 2.75) is 19.9 Å². The Morgan fingerprint density at radius 2 is 2.33 bits per heavy atom. The van der Waals surface area contributed by atoms with E-state index in [0.29, 0.717) is 24.6 Å². The third-order valence-corrected chi connectivity index (χ3v) is 3.16. The minimum atomic E-state index is -0.0482. The van der Waals surface area contributed by atoms with Crippen LogP contribution in [0, 0.1) is 0 Å². The Morgan fingerprint density at radius 3 is 3.05 bits per heavy atom. The molecule has 21 heavy (non-hydrogen) atoms. The molecule has 0 saturated heterocycles. The molecule has 1 heterocycles. The van der Waals surface area contributed by atoms with Crippen molar-refractivity contribution in [3.63, 3.8) is 0 Å². The van der Waals surface area contributed by atoms with Crippen molar-refractivity contribution in [2.24, 2.45) is 0 Å². The van der Waals surface area contributed by atoms with Crippen LogP contribution in [0.15, 0.2) is 36.9 Å². The van der Waals surface area contributed by atoms with Crippen LogP contribution in [0.4, 0.5) is 0 Å². The van der Waals surface area contributed by atoms with Crippen LogP contribution >= 0.6 is 11.6 Å². The summed E-state index contributed by atoms with van der Waals surface area (Å²) in [5.74, 6) is 0.763. The predicted molar refractivity (Wildman–Crippen MR) is 81.6 cm³/mol. The van der Waals surface area contributed by atoms with E-state index in [4.69, 9.17) is 16.3 Å². The number of amides is 1. The van der Waals surface area contributed by atoms with E-state index in [-0.39, 0.29) is 12.5 Å². The zero-order valence-electron chi connectivity index (χ0n) is 11.9. The van der Waals surface area contributed by atoms with Crippen molar-refractivity contribution in [1.29, 1.82) is 0 Å². The molecule has 0 radical (unpaired) electrons. The van der Waals surface area contributed by atoms with Gasteiger partial charge < -0.3 is 14.6 Å². The summed E-state index contributed by atoms with van der Waals surface area (Å²) in [5.41, 5.74) is 0.993. The Hall–Kier alpha value is -2.01. The Balaban J connectivity index is 1.85. The second-order valence-corrected chi connectivity index (χ2v) is 4.96. The SMILES string of the molecule is CCOc1ccc(Cl)cc1CCNC(=O)Cn1ccnc1. The Bertz CT molecular complexity index is 585. The van der Waals surface area contributed by atoms with Gasteiger partial charge in [-0.3, -0.25) is 4.79 Å². The van der Waals surface area contributed by atoms with Gasteiger partial charge in [-0.05, 0) is 37.1 Å². The van der Waals surface area contributed by atoms with Gasteiger partial charge in [0.1, 0.15) is 12.3 Å². The molecule has 112 valence electrons. The van der Waals surface area contributed by atoms with E-state index in [1.807, 2.05) is 19.1 Å². The van der Waals surface area contributed by atoms with Gasteiger partial charge in [-0.15, -0.1) is 0 Å². The van der Waals surface area contributed by atoms with E-state index in [2.05, 4.69) is 10.3 Å². The van der Waals surface area contributed by atoms with Crippen LogP contribution in [-0.2, 0) is 17.8 Å². The lowest BCUT2D eigenvalue weighted by Crippen LogP contribution is -2.29. The van der Waals surface area contributed by atoms with Gasteiger partial charge in [-0.2, -0.15) is 0 Å². The fourth-order valence-corrected chi connectivity index (χ4v) is 2.17. The zero-order chi connectivity index (χ0) is 15.1. The molecule has 0 fully saturated rings. The van der Waals surface area contributed by atoms with Crippen LogP contribution in [0.2, 0.25) is 5.02 Å². The van der Waals surface area contributed by atoms with Gasteiger partial charge in [0, 0.05) is 24.0 Å². The largest absolute Gasteiger partial charge is 0.494 e. The second-order valence-electron chi connectivity index (χ2n) is 4.52. The topological polar surface area (TPSA) is 56.1 Å². The number of hydrogen-bond donors (Lipinski definition) is 1. The van der Waals surface area contributed by atoms with E-state index >= 15 is 0 Å². The third-order valence-electron chi connectivity index (χ3n) is 2.92. The molecule has 0 aliphatic rings. The molecule has 2 aromatic rings. The van der Waals surface area contributed by atoms with Crippen molar-refractivity contribution in [3.8, 4) is 5.75 Å². The first-order valence-electron chi connectivity index (χ1n) is 6.82. The number of benzene rings is 1. The van der Waals surface area contributed by atoms with Crippen LogP contribution in [0.3, 0.4) is 0 Å². The first-order chi connectivity index (χ1) is 10.2. The fraction of sp³-hybridized carbons (Fsp3) is 0.333. The summed E-state index contributed by atoms with van der Waals surface area (Å²) in [6.45, 7) is 3.34. The summed E-state index contributed by atoms with van der Waals surface area (Å²) >= 11 is 6.00. The first kappa shape index (κ1) is 15.4. The van der Waals surface area contributed by atoms with Gasteiger partial charge in [0.15, 0.2) is 0 Å². The molecule has 0 saturated carbocycles. The van der Waals surface area contributed by atoms with Gasteiger partial charge in [0.05, 0.1) is 12.9 Å². The smallest absolute Gasteiger partial charge is 0.239 e. The number of aromatic nitrogens is 2. The molecule has 2 rings (SSSR count). The van der Waals surface area contributed by atoms with Crippen molar-refractivity contribution in [1.82, 2.24) is 14.9 Å². The highest BCUT2D eigenvalue weighted by atomic mass is 35.5. The van der Waals surface area contributed by atoms with Crippen LogP contribution < -0.4 is 10.1 Å². The van der Waals surface area contributed by atoms with Crippen molar-refractivity contribution >= 4 is 17.5 Å². The number of carbonyl (C=O) groups is 1. The average molecular weight is 308 g/mol. The fourth-order valence-electron chi connectivity index (χ4n) is 1.98. The number of imidazole rings is 1. The minimum Gasteiger partial charge on any atom is -0.494 e. The maximum absolute atomic E-state index is 11.8. The van der Waals surface area contributed by atoms with Crippen LogP contribution in [0.25, 0.3) is 0 Å². The van der Waals surface area contributed by atoms with E-state index in [1.54, 1.807) is 29.4 Å². The quantitative estimate of drug-likeness (QED) is 0.854. The highest BCUT2D eigenvalue weighted by Crippen LogP contribution is 2.23. The van der Waals surface area contributed by atoms with Gasteiger partial charge in [0.2, 0.25) is 5.91 Å². The number of hydrogen-bond acceptors (Lipinski definition) is 3. The molecule has 0 atom stereocenters. The molecule has 6 heteroatoms. The normalized spacial score (nSPS) is 10.4. The molecule has 1 aromatic heterocycles. The third kappa shape index (κ3) is 4.79. The van der Waals surface area contributed by atoms with Crippen molar-refractivity contribution < 1.29 is 9.53 Å². The first-order valence-corrected chi connectivity index (χ1v) is 7.20. The summed E-state index contributed by atoms with van der Waals surface area (Å²) in [7, 11) is 0. The monoisotopic (exact) mass is 307 g/mol. The molecule has 0 aliphatic carbocycles. The van der Waals surface area contributed by atoms with Crippen molar-refractivity contribution in [3.05, 3.63) is 47.5 Å². The molecule has 0 unspecified atom stereocenters. The summed E-state index contributed by atoms with van der Waals surface area (Å²) in [5, 5.41) is 3.54. The maximum atomic E-state index is 11.8. The van der Waals surface area contributed by atoms with Crippen LogP contribution in [0.5, 0.6) is 5.75 Å². The number of ether oxygens (including phenoxy) is 1. The molecule has 1 amide bonds. The standard InChI is InChI=1S/C15H18ClN3O2/c1-2-21-14-4-3-13(16)9-12(14)5-6-18-15(20)10-19-8-7-17-11-19/h3-4,7-9,11H,2,5-6,10H2,1H3,(H,18,20). The number of carbonyl (C=O) groups excluding carboxylic acids is 1. The summed E-state index contributed by atoms with van der Waals surface area (Å²) in [4.78, 5) is 15.7. The zero-order valence-corrected chi connectivity index (χ0v) is 12.6. The summed E-state index contributed by atoms with van der Waals surface area (Å²) in [6, 6.07) is 5.52. The lowest BCUT2D eigenvalue weighted by molar-refractivity contribution is -0.121. The van der Waals surface area contributed by atoms with E-state index in [9.17, 15) is 4.79 Å². The lowest BCUT2D eigenvalue weighted by atomic mass is 10.1. The molecule has 0 bridgehead atoms. The highest BCUT2D eigenvalue weighted by Gasteiger charge is 2.06. The van der Waals surface area contributed by atoms with E-state index in [1.165, 1.54) is 0 Å². The Kier molecular flexibility index (Phi) is 5.63. The number of halogens is 1. The van der Waals surface area contributed by atoms with Gasteiger partial charge >= 0.3 is 0 Å². The lowest BCUT2D eigenvalue weighted by Gasteiger charge is -2.11. The highest BCUT2D eigenvalue weighted by molar-refractivity contribution is 6.30. The summed E-state index contributed by atoms with van der Waals surface area (Å²) in [6.07, 6.45) is 5.69. The molecular weight excluding hydrogens is 290 g/mol. The maximum Gasteiger partial charge on any atom is 0.239 e. The van der Waals surface area contributed by atoms with Crippen molar-refractivity contribution in [2.75, 3.05) is 13.2 Å². The van der Waals surface area contributed by atoms with Gasteiger partial charge in [-0.25, -0.2) is 4.98 Å². The minimum absolute atomic E-state index is 0.0482. The predicted octanol–water partition coefficient (Wildman–Crippen LogP) is 2.29. The van der Waals surface area contributed by atoms with E-state index < -0.39 is 0 Å². The summed E-state index contributed by atoms with van der Waals surface area (Å²) < 4.78 is 7.27. The molecular formula is C15H18ClN3O2. The van der Waals surface area contributed by atoms with Crippen LogP contribution in [0.1, 0.15) is 12.5 Å². The Morgan fingerprint density at radius 1 is 1.48 bits per heavy atom. The molecule has 1 N–H and O–H groups in total. The second kappa shape index (κ2) is 7.69. The van der Waals surface area contributed by atoms with Crippen LogP contribution in [-0.4, -0.2) is 28.6 Å². The average Bonchev–Trinajstić information content (AvgIpc) is 2.94. The number of nitrogens with zero attached hydrogens (tertiary/aromatic N) is 2. The van der Waals surface area contributed by atoms with E-state index in [0.717, 1.165) is 11.3 Å². The molecule has 1 aromatic carbocycles. The Labute approximate surface area is 128 Å². The number of nitrogens with one attached hydrogen (secondary N) is 1. The number of rotatable bonds is 7. The molecule has 0 aliphatic heterocycles.